The van der Waals surface area contributed by atoms with Gasteiger partial charge in [0, 0.05) is 6.54 Å². The minimum absolute atomic E-state index is 0.0988. The van der Waals surface area contributed by atoms with Gasteiger partial charge in [-0.15, -0.1) is 0 Å². The largest absolute Gasteiger partial charge is 0.480 e. The molecule has 7 heteroatoms. The van der Waals surface area contributed by atoms with E-state index in [1.54, 1.807) is 7.05 Å². The zero-order valence-electron chi connectivity index (χ0n) is 12.2. The average molecular weight is 310 g/mol. The van der Waals surface area contributed by atoms with Gasteiger partial charge in [0.1, 0.15) is 5.54 Å². The second-order valence-corrected chi connectivity index (χ2v) is 7.35. The minimum atomic E-state index is -3.51. The van der Waals surface area contributed by atoms with Crippen molar-refractivity contribution < 1.29 is 18.3 Å². The predicted octanol–water partition coefficient (Wildman–Crippen LogP) is 1.13. The van der Waals surface area contributed by atoms with Crippen LogP contribution in [0.3, 0.4) is 0 Å². The summed E-state index contributed by atoms with van der Waals surface area (Å²) in [4.78, 5) is 12.7. The Balaban J connectivity index is 2.82. The Morgan fingerprint density at radius 3 is 2.29 bits per heavy atom. The molecule has 0 fully saturated rings. The molecule has 0 spiro atoms. The van der Waals surface area contributed by atoms with E-state index in [4.69, 9.17) is 10.4 Å². The fraction of sp³-hybridized carbons (Fsp3) is 0.429. The third-order valence-corrected chi connectivity index (χ3v) is 5.23. The van der Waals surface area contributed by atoms with Crippen LogP contribution in [0, 0.1) is 11.3 Å². The lowest BCUT2D eigenvalue weighted by Crippen LogP contribution is -2.49. The topological polar surface area (TPSA) is 98.5 Å². The van der Waals surface area contributed by atoms with Crippen LogP contribution in [0.1, 0.15) is 19.4 Å². The molecule has 0 heterocycles. The quantitative estimate of drug-likeness (QED) is 0.845. The molecular weight excluding hydrogens is 292 g/mol. The van der Waals surface area contributed by atoms with E-state index >= 15 is 0 Å². The predicted molar refractivity (Wildman–Crippen MR) is 77.6 cm³/mol. The Kier molecular flexibility index (Phi) is 5.10. The minimum Gasteiger partial charge on any atom is -0.480 e. The van der Waals surface area contributed by atoms with Crippen LogP contribution in [-0.4, -0.2) is 49.3 Å². The van der Waals surface area contributed by atoms with E-state index in [9.17, 15) is 13.2 Å². The molecule has 0 amide bonds. The number of sulfone groups is 1. The highest BCUT2D eigenvalue weighted by molar-refractivity contribution is 7.91. The van der Waals surface area contributed by atoms with Crippen molar-refractivity contribution in [2.75, 3.05) is 19.3 Å². The summed E-state index contributed by atoms with van der Waals surface area (Å²) in [5, 5.41) is 17.8. The monoisotopic (exact) mass is 310 g/mol. The van der Waals surface area contributed by atoms with E-state index < -0.39 is 21.3 Å². The summed E-state index contributed by atoms with van der Waals surface area (Å²) >= 11 is 0. The molecule has 0 aliphatic heterocycles. The van der Waals surface area contributed by atoms with Crippen molar-refractivity contribution in [1.82, 2.24) is 4.90 Å². The van der Waals surface area contributed by atoms with Gasteiger partial charge in [-0.05, 0) is 45.2 Å². The van der Waals surface area contributed by atoms with Crippen molar-refractivity contribution in [2.24, 2.45) is 0 Å². The molecule has 0 atom stereocenters. The molecule has 114 valence electrons. The summed E-state index contributed by atoms with van der Waals surface area (Å²) in [5.74, 6) is -1.20. The molecule has 1 rings (SSSR count). The first-order valence-corrected chi connectivity index (χ1v) is 7.94. The van der Waals surface area contributed by atoms with E-state index in [0.717, 1.165) is 0 Å². The molecule has 0 aromatic heterocycles. The van der Waals surface area contributed by atoms with Gasteiger partial charge in [0.05, 0.1) is 22.3 Å². The van der Waals surface area contributed by atoms with Crippen molar-refractivity contribution in [3.8, 4) is 6.07 Å². The zero-order valence-corrected chi connectivity index (χ0v) is 13.0. The number of likely N-dealkylation sites (N-methyl/N-ethyl adjacent to an activating group) is 1. The lowest BCUT2D eigenvalue weighted by Gasteiger charge is -2.31. The maximum atomic E-state index is 12.2. The molecule has 0 saturated carbocycles. The second-order valence-electron chi connectivity index (χ2n) is 5.24. The fourth-order valence-corrected chi connectivity index (χ4v) is 2.86. The number of nitrogens with zero attached hydrogens (tertiary/aromatic N) is 2. The number of aliphatic carboxylic acids is 1. The Hall–Kier alpha value is -1.91. The molecule has 0 aliphatic rings. The van der Waals surface area contributed by atoms with Crippen molar-refractivity contribution in [2.45, 2.75) is 24.3 Å². The molecule has 0 aliphatic carbocycles. The first-order chi connectivity index (χ1) is 9.61. The number of hydrogen-bond donors (Lipinski definition) is 1. The lowest BCUT2D eigenvalue weighted by molar-refractivity contribution is -0.148. The number of carboxylic acid groups (broad SMARTS) is 1. The van der Waals surface area contributed by atoms with Gasteiger partial charge in [-0.1, -0.05) is 0 Å². The van der Waals surface area contributed by atoms with E-state index in [2.05, 4.69) is 0 Å². The van der Waals surface area contributed by atoms with Crippen molar-refractivity contribution in [3.63, 3.8) is 0 Å². The molecule has 0 bridgehead atoms. The Labute approximate surface area is 124 Å². The summed E-state index contributed by atoms with van der Waals surface area (Å²) in [6.45, 7) is 3.13. The summed E-state index contributed by atoms with van der Waals surface area (Å²) < 4.78 is 24.4. The molecule has 0 radical (unpaired) electrons. The smallest absolute Gasteiger partial charge is 0.323 e. The van der Waals surface area contributed by atoms with Gasteiger partial charge >= 0.3 is 5.97 Å². The van der Waals surface area contributed by atoms with Crippen LogP contribution in [0.4, 0.5) is 0 Å². The molecular formula is C14H18N2O4S. The molecule has 6 nitrogen and oxygen atoms in total. The van der Waals surface area contributed by atoms with Gasteiger partial charge in [-0.25, -0.2) is 8.42 Å². The van der Waals surface area contributed by atoms with Crippen LogP contribution in [0.5, 0.6) is 0 Å². The molecule has 0 saturated heterocycles. The van der Waals surface area contributed by atoms with Crippen molar-refractivity contribution in [3.05, 3.63) is 29.8 Å². The molecule has 1 aromatic rings. The van der Waals surface area contributed by atoms with Gasteiger partial charge in [0.15, 0.2) is 9.84 Å². The number of rotatable bonds is 6. The van der Waals surface area contributed by atoms with Crippen LogP contribution in [0.15, 0.2) is 29.2 Å². The lowest BCUT2D eigenvalue weighted by atomic mass is 10.0. The normalized spacial score (nSPS) is 12.1. The zero-order chi connectivity index (χ0) is 16.3. The van der Waals surface area contributed by atoms with Crippen LogP contribution in [-0.2, 0) is 14.6 Å². The molecule has 0 unspecified atom stereocenters. The van der Waals surface area contributed by atoms with E-state index in [-0.39, 0.29) is 17.2 Å². The highest BCUT2D eigenvalue weighted by Crippen LogP contribution is 2.16. The molecule has 1 aromatic carbocycles. The summed E-state index contributed by atoms with van der Waals surface area (Å²) in [6, 6.07) is 7.57. The summed E-state index contributed by atoms with van der Waals surface area (Å²) in [5.41, 5.74) is -0.752. The standard InChI is InChI=1S/C14H18N2O4S/c1-14(2,13(17)18)16(3)8-9-21(19,20)12-6-4-11(10-15)5-7-12/h4-7H,8-9H2,1-3H3,(H,17,18). The van der Waals surface area contributed by atoms with Crippen LogP contribution < -0.4 is 0 Å². The Bertz CT molecular complexity index is 657. The van der Waals surface area contributed by atoms with E-state index in [1.807, 2.05) is 6.07 Å². The van der Waals surface area contributed by atoms with Crippen LogP contribution in [0.2, 0.25) is 0 Å². The highest BCUT2D eigenvalue weighted by Gasteiger charge is 2.32. The average Bonchev–Trinajstić information content (AvgIpc) is 2.44. The third kappa shape index (κ3) is 4.03. The van der Waals surface area contributed by atoms with Crippen LogP contribution in [0.25, 0.3) is 0 Å². The van der Waals surface area contributed by atoms with Gasteiger partial charge in [0.2, 0.25) is 0 Å². The molecule has 1 N–H and O–H groups in total. The second kappa shape index (κ2) is 6.24. The van der Waals surface area contributed by atoms with Gasteiger partial charge < -0.3 is 5.11 Å². The number of carbonyl (C=O) groups is 1. The number of carboxylic acids is 1. The maximum Gasteiger partial charge on any atom is 0.323 e. The Morgan fingerprint density at radius 1 is 1.33 bits per heavy atom. The summed E-state index contributed by atoms with van der Waals surface area (Å²) in [7, 11) is -1.94. The molecule has 21 heavy (non-hydrogen) atoms. The van der Waals surface area contributed by atoms with Crippen LogP contribution >= 0.6 is 0 Å². The van der Waals surface area contributed by atoms with Crippen molar-refractivity contribution >= 4 is 15.8 Å². The number of nitriles is 1. The SMILES string of the molecule is CN(CCS(=O)(=O)c1ccc(C#N)cc1)C(C)(C)C(=O)O. The number of hydrogen-bond acceptors (Lipinski definition) is 5. The van der Waals surface area contributed by atoms with E-state index in [0.29, 0.717) is 5.56 Å². The highest BCUT2D eigenvalue weighted by atomic mass is 32.2. The van der Waals surface area contributed by atoms with Gasteiger partial charge in [-0.2, -0.15) is 5.26 Å². The third-order valence-electron chi connectivity index (χ3n) is 3.52. The Morgan fingerprint density at radius 2 is 1.86 bits per heavy atom. The van der Waals surface area contributed by atoms with Crippen molar-refractivity contribution in [1.29, 1.82) is 5.26 Å². The first-order valence-electron chi connectivity index (χ1n) is 6.29. The van der Waals surface area contributed by atoms with Gasteiger partial charge in [0.25, 0.3) is 0 Å². The van der Waals surface area contributed by atoms with E-state index in [1.165, 1.54) is 43.0 Å². The fourth-order valence-electron chi connectivity index (χ4n) is 1.55. The summed E-state index contributed by atoms with van der Waals surface area (Å²) in [6.07, 6.45) is 0. The first kappa shape index (κ1) is 17.1. The number of benzene rings is 1. The van der Waals surface area contributed by atoms with Gasteiger partial charge in [-0.3, -0.25) is 9.69 Å². The maximum absolute atomic E-state index is 12.2.